The lowest BCUT2D eigenvalue weighted by molar-refractivity contribution is -0.135. The first-order valence-electron chi connectivity index (χ1n) is 10.9. The van der Waals surface area contributed by atoms with Crippen LogP contribution >= 0.6 is 0 Å². The first-order chi connectivity index (χ1) is 14.7. The lowest BCUT2D eigenvalue weighted by Gasteiger charge is -2.30. The van der Waals surface area contributed by atoms with E-state index >= 15 is 0 Å². The first kappa shape index (κ1) is 20.5. The molecule has 0 spiro atoms. The molecule has 2 aliphatic rings. The zero-order valence-corrected chi connectivity index (χ0v) is 17.6. The highest BCUT2D eigenvalue weighted by molar-refractivity contribution is 5.79. The van der Waals surface area contributed by atoms with Crippen LogP contribution in [0.1, 0.15) is 36.8 Å². The second kappa shape index (κ2) is 9.33. The van der Waals surface area contributed by atoms with Crippen molar-refractivity contribution in [2.75, 3.05) is 20.2 Å². The molecule has 2 heterocycles. The number of carbonyl (C=O) groups excluding carboxylic acids is 2. The van der Waals surface area contributed by atoms with Crippen LogP contribution in [0.4, 0.5) is 0 Å². The summed E-state index contributed by atoms with van der Waals surface area (Å²) in [5.41, 5.74) is 2.20. The maximum atomic E-state index is 13.0. The molecular weight excluding hydrogens is 376 g/mol. The Morgan fingerprint density at radius 1 is 1.07 bits per heavy atom. The SMILES string of the molecule is COc1ccccc1CCC(=O)N1C[C@H]2CCCC(=O)N(Cc3ccccc3)[C@H]2C1. The molecule has 158 valence electrons. The Labute approximate surface area is 178 Å². The van der Waals surface area contributed by atoms with E-state index in [9.17, 15) is 9.59 Å². The van der Waals surface area contributed by atoms with Crippen molar-refractivity contribution in [3.05, 3.63) is 65.7 Å². The maximum Gasteiger partial charge on any atom is 0.223 e. The first-order valence-corrected chi connectivity index (χ1v) is 10.9. The molecular formula is C25H30N2O3. The molecule has 2 aliphatic heterocycles. The number of nitrogens with zero attached hydrogens (tertiary/aromatic N) is 2. The van der Waals surface area contributed by atoms with Crippen LogP contribution in [0, 0.1) is 5.92 Å². The van der Waals surface area contributed by atoms with E-state index in [2.05, 4.69) is 12.1 Å². The molecule has 2 aromatic rings. The van der Waals surface area contributed by atoms with Gasteiger partial charge in [-0.25, -0.2) is 0 Å². The molecule has 0 aliphatic carbocycles. The summed E-state index contributed by atoms with van der Waals surface area (Å²) >= 11 is 0. The molecule has 0 saturated carbocycles. The topological polar surface area (TPSA) is 49.9 Å². The third-order valence-electron chi connectivity index (χ3n) is 6.44. The fourth-order valence-corrected chi connectivity index (χ4v) is 4.83. The number of para-hydroxylation sites is 1. The van der Waals surface area contributed by atoms with E-state index in [1.54, 1.807) is 7.11 Å². The van der Waals surface area contributed by atoms with Crippen molar-refractivity contribution >= 4 is 11.8 Å². The number of fused-ring (bicyclic) bond motifs is 1. The molecule has 0 N–H and O–H groups in total. The number of aryl methyl sites for hydroxylation is 1. The van der Waals surface area contributed by atoms with Gasteiger partial charge < -0.3 is 14.5 Å². The quantitative estimate of drug-likeness (QED) is 0.736. The van der Waals surface area contributed by atoms with Crippen molar-refractivity contribution in [3.8, 4) is 5.75 Å². The van der Waals surface area contributed by atoms with Gasteiger partial charge in [0.15, 0.2) is 0 Å². The third kappa shape index (κ3) is 4.50. The lowest BCUT2D eigenvalue weighted by atomic mass is 9.98. The van der Waals surface area contributed by atoms with Gasteiger partial charge in [-0.3, -0.25) is 9.59 Å². The zero-order valence-electron chi connectivity index (χ0n) is 17.6. The number of amides is 2. The van der Waals surface area contributed by atoms with E-state index in [4.69, 9.17) is 4.74 Å². The van der Waals surface area contributed by atoms with Crippen molar-refractivity contribution in [2.24, 2.45) is 5.92 Å². The smallest absolute Gasteiger partial charge is 0.223 e. The summed E-state index contributed by atoms with van der Waals surface area (Å²) in [5, 5.41) is 0. The Kier molecular flexibility index (Phi) is 6.36. The van der Waals surface area contributed by atoms with Gasteiger partial charge in [-0.2, -0.15) is 0 Å². The molecule has 2 atom stereocenters. The fourth-order valence-electron chi connectivity index (χ4n) is 4.83. The van der Waals surface area contributed by atoms with Crippen LogP contribution in [0.2, 0.25) is 0 Å². The average Bonchev–Trinajstić information content (AvgIpc) is 3.14. The van der Waals surface area contributed by atoms with Crippen LogP contribution in [0.5, 0.6) is 5.75 Å². The molecule has 0 unspecified atom stereocenters. The summed E-state index contributed by atoms with van der Waals surface area (Å²) in [7, 11) is 1.66. The maximum absolute atomic E-state index is 13.0. The van der Waals surface area contributed by atoms with Crippen molar-refractivity contribution < 1.29 is 14.3 Å². The van der Waals surface area contributed by atoms with E-state index in [0.29, 0.717) is 38.3 Å². The molecule has 30 heavy (non-hydrogen) atoms. The summed E-state index contributed by atoms with van der Waals surface area (Å²) in [6.07, 6.45) is 3.67. The number of methoxy groups -OCH3 is 1. The minimum absolute atomic E-state index is 0.121. The predicted octanol–water partition coefficient (Wildman–Crippen LogP) is 3.67. The Balaban J connectivity index is 1.42. The highest BCUT2D eigenvalue weighted by atomic mass is 16.5. The summed E-state index contributed by atoms with van der Waals surface area (Å²) in [6, 6.07) is 18.1. The minimum Gasteiger partial charge on any atom is -0.496 e. The van der Waals surface area contributed by atoms with Crippen molar-refractivity contribution in [1.29, 1.82) is 0 Å². The zero-order chi connectivity index (χ0) is 20.9. The summed E-state index contributed by atoms with van der Waals surface area (Å²) < 4.78 is 5.41. The van der Waals surface area contributed by atoms with Crippen molar-refractivity contribution in [2.45, 2.75) is 44.7 Å². The number of hydrogen-bond acceptors (Lipinski definition) is 3. The van der Waals surface area contributed by atoms with E-state index < -0.39 is 0 Å². The van der Waals surface area contributed by atoms with Gasteiger partial charge in [-0.15, -0.1) is 0 Å². The number of benzene rings is 2. The van der Waals surface area contributed by atoms with Crippen LogP contribution in [0.15, 0.2) is 54.6 Å². The third-order valence-corrected chi connectivity index (χ3v) is 6.44. The van der Waals surface area contributed by atoms with Crippen LogP contribution in [-0.4, -0.2) is 47.9 Å². The Bertz CT molecular complexity index is 883. The second-order valence-electron chi connectivity index (χ2n) is 8.34. The molecule has 0 bridgehead atoms. The van der Waals surface area contributed by atoms with Gasteiger partial charge in [0.2, 0.25) is 11.8 Å². The van der Waals surface area contributed by atoms with Gasteiger partial charge in [-0.05, 0) is 42.4 Å². The highest BCUT2D eigenvalue weighted by Crippen LogP contribution is 2.32. The normalized spacial score (nSPS) is 21.3. The van der Waals surface area contributed by atoms with E-state index in [-0.39, 0.29) is 17.9 Å². The van der Waals surface area contributed by atoms with Crippen LogP contribution in [0.3, 0.4) is 0 Å². The summed E-state index contributed by atoms with van der Waals surface area (Å²) in [4.78, 5) is 29.8. The molecule has 2 aromatic carbocycles. The summed E-state index contributed by atoms with van der Waals surface area (Å²) in [6.45, 7) is 2.03. The monoisotopic (exact) mass is 406 g/mol. The number of ether oxygens (including phenoxy) is 1. The standard InChI is InChI=1S/C25H30N2O3/c1-30-23-12-6-5-10-20(23)14-15-24(28)26-17-21-11-7-13-25(29)27(22(21)18-26)16-19-8-3-2-4-9-19/h2-6,8-10,12,21-22H,7,11,13-18H2,1H3/t21-,22+/m1/s1. The van der Waals surface area contributed by atoms with E-state index in [1.807, 2.05) is 52.3 Å². The Morgan fingerprint density at radius 2 is 1.83 bits per heavy atom. The molecule has 4 rings (SSSR count). The van der Waals surface area contributed by atoms with Gasteiger partial charge in [0.05, 0.1) is 13.2 Å². The molecule has 5 heteroatoms. The van der Waals surface area contributed by atoms with Gasteiger partial charge in [0, 0.05) is 32.5 Å². The van der Waals surface area contributed by atoms with Crippen molar-refractivity contribution in [3.63, 3.8) is 0 Å². The average molecular weight is 407 g/mol. The fraction of sp³-hybridized carbons (Fsp3) is 0.440. The molecule has 0 radical (unpaired) electrons. The Hall–Kier alpha value is -2.82. The van der Waals surface area contributed by atoms with Gasteiger partial charge >= 0.3 is 0 Å². The molecule has 2 amide bonds. The molecule has 5 nitrogen and oxygen atoms in total. The number of hydrogen-bond donors (Lipinski definition) is 0. The predicted molar refractivity (Wildman–Crippen MR) is 116 cm³/mol. The number of likely N-dealkylation sites (tertiary alicyclic amines) is 2. The highest BCUT2D eigenvalue weighted by Gasteiger charge is 2.41. The number of rotatable bonds is 6. The van der Waals surface area contributed by atoms with E-state index in [0.717, 1.165) is 36.3 Å². The van der Waals surface area contributed by atoms with Crippen LogP contribution in [0.25, 0.3) is 0 Å². The van der Waals surface area contributed by atoms with Crippen LogP contribution in [-0.2, 0) is 22.6 Å². The Morgan fingerprint density at radius 3 is 2.63 bits per heavy atom. The second-order valence-corrected chi connectivity index (χ2v) is 8.34. The minimum atomic E-state index is 0.121. The molecule has 2 fully saturated rings. The van der Waals surface area contributed by atoms with Crippen molar-refractivity contribution in [1.82, 2.24) is 9.80 Å². The largest absolute Gasteiger partial charge is 0.496 e. The van der Waals surface area contributed by atoms with Gasteiger partial charge in [0.25, 0.3) is 0 Å². The van der Waals surface area contributed by atoms with Crippen LogP contribution < -0.4 is 4.74 Å². The lowest BCUT2D eigenvalue weighted by Crippen LogP contribution is -2.43. The van der Waals surface area contributed by atoms with Gasteiger partial charge in [0.1, 0.15) is 5.75 Å². The summed E-state index contributed by atoms with van der Waals surface area (Å²) in [5.74, 6) is 1.59. The molecule has 2 saturated heterocycles. The molecule has 0 aromatic heterocycles. The number of carbonyl (C=O) groups is 2. The van der Waals surface area contributed by atoms with E-state index in [1.165, 1.54) is 0 Å². The van der Waals surface area contributed by atoms with Gasteiger partial charge in [-0.1, -0.05) is 48.5 Å².